The summed E-state index contributed by atoms with van der Waals surface area (Å²) in [6.45, 7) is 9.44. The predicted molar refractivity (Wildman–Crippen MR) is 503 cm³/mol. The van der Waals surface area contributed by atoms with E-state index in [1.165, 1.54) is 159 Å². The summed E-state index contributed by atoms with van der Waals surface area (Å²) in [6, 6.07) is 157. The molecule has 4 aliphatic rings. The van der Waals surface area contributed by atoms with E-state index in [0.717, 1.165) is 50.4 Å². The number of nitrogens with zero attached hydrogens (tertiary/aromatic N) is 2. The maximum absolute atomic E-state index is 6.69. The van der Waals surface area contributed by atoms with Crippen molar-refractivity contribution < 1.29 is 4.42 Å². The van der Waals surface area contributed by atoms with Gasteiger partial charge < -0.3 is 14.2 Å². The van der Waals surface area contributed by atoms with Crippen molar-refractivity contribution in [2.75, 3.05) is 9.80 Å². The second-order valence-electron chi connectivity index (χ2n) is 33.6. The van der Waals surface area contributed by atoms with Crippen molar-refractivity contribution in [2.24, 2.45) is 0 Å². The third-order valence-electron chi connectivity index (χ3n) is 26.7. The molecule has 2 heterocycles. The maximum atomic E-state index is 6.69. The fourth-order valence-electron chi connectivity index (χ4n) is 21.3. The maximum Gasteiger partial charge on any atom is 0.135 e. The van der Waals surface area contributed by atoms with E-state index in [-0.39, 0.29) is 10.8 Å². The van der Waals surface area contributed by atoms with E-state index < -0.39 is 10.8 Å². The van der Waals surface area contributed by atoms with Gasteiger partial charge in [0.05, 0.1) is 22.2 Å². The van der Waals surface area contributed by atoms with Crippen molar-refractivity contribution >= 4 is 87.6 Å². The van der Waals surface area contributed by atoms with Gasteiger partial charge in [0.15, 0.2) is 0 Å². The molecule has 0 aliphatic heterocycles. The zero-order valence-corrected chi connectivity index (χ0v) is 67.9. The first-order valence-corrected chi connectivity index (χ1v) is 42.7. The molecule has 0 atom stereocenters. The van der Waals surface area contributed by atoms with Gasteiger partial charge in [0.25, 0.3) is 0 Å². The molecular weight excluding hydrogens is 1470 g/mol. The predicted octanol–water partition coefficient (Wildman–Crippen LogP) is 31.3. The fourth-order valence-corrected chi connectivity index (χ4v) is 22.3. The van der Waals surface area contributed by atoms with Crippen LogP contribution >= 0.6 is 11.3 Å². The standard InChI is InChI=1S/C58H41NO.C58H41NS/c2*1-57(2)49-23-12-11-22-46(49)56-52(57)26-15-27-53(56)59(42-31-28-39(29-32-42)38-16-5-3-6-17-38)43-33-35-55-48(37-43)47-36-41(30-34-54(47)60-55)58(40-18-7-4-8-19-40)50-24-13-9-20-44(50)45-21-10-14-25-51(45)58/h2*3-37H,1-2H3. The highest BCUT2D eigenvalue weighted by molar-refractivity contribution is 7.25. The summed E-state index contributed by atoms with van der Waals surface area (Å²) in [6.07, 6.45) is 0. The molecule has 0 unspecified atom stereocenters. The van der Waals surface area contributed by atoms with Gasteiger partial charge in [-0.2, -0.15) is 0 Å². The van der Waals surface area contributed by atoms with Crippen LogP contribution in [0.3, 0.4) is 0 Å². The first-order valence-electron chi connectivity index (χ1n) is 41.8. The summed E-state index contributed by atoms with van der Waals surface area (Å²) in [5.74, 6) is 0. The van der Waals surface area contributed by atoms with Crippen molar-refractivity contribution in [3.05, 3.63) is 491 Å². The Hall–Kier alpha value is -14.4. The minimum atomic E-state index is -0.499. The minimum Gasteiger partial charge on any atom is -0.456 e. The third kappa shape index (κ3) is 10.7. The van der Waals surface area contributed by atoms with Gasteiger partial charge in [0.1, 0.15) is 11.2 Å². The van der Waals surface area contributed by atoms with Gasteiger partial charge in [-0.15, -0.1) is 11.3 Å². The van der Waals surface area contributed by atoms with E-state index in [2.05, 4.69) is 462 Å². The molecule has 20 aromatic rings. The van der Waals surface area contributed by atoms with Crippen molar-refractivity contribution in [3.8, 4) is 66.8 Å². The number of fused-ring (bicyclic) bond motifs is 18. The number of anilines is 6. The zero-order valence-electron chi connectivity index (χ0n) is 67.1. The molecular formula is C116H82N2OS. The number of thiophene rings is 1. The molecule has 2 aromatic heterocycles. The molecule has 0 amide bonds. The summed E-state index contributed by atoms with van der Waals surface area (Å²) in [5, 5.41) is 4.75. The molecule has 568 valence electrons. The lowest BCUT2D eigenvalue weighted by Gasteiger charge is -2.34. The Morgan fingerprint density at radius 2 is 0.517 bits per heavy atom. The molecule has 0 saturated heterocycles. The Morgan fingerprint density at radius 3 is 0.950 bits per heavy atom. The molecule has 18 aromatic carbocycles. The third-order valence-corrected chi connectivity index (χ3v) is 27.9. The molecule has 3 nitrogen and oxygen atoms in total. The zero-order chi connectivity index (χ0) is 80.0. The SMILES string of the molecule is CC1(C)c2ccccc2-c2c(N(c3ccc(-c4ccccc4)cc3)c3ccc4oc5ccc(C6(c7ccccc7)c7ccccc7-c7ccccc76)cc5c4c3)cccc21.CC1(C)c2ccccc2-c2c(N(c3ccc(-c4ccccc4)cc3)c3ccc4sc5ccc(C6(c7ccccc7)c7ccccc7-c7ccccc76)cc5c4c3)cccc21. The van der Waals surface area contributed by atoms with Crippen LogP contribution in [-0.2, 0) is 21.7 Å². The summed E-state index contributed by atoms with van der Waals surface area (Å²) >= 11 is 1.88. The highest BCUT2D eigenvalue weighted by Gasteiger charge is 2.49. The molecule has 120 heavy (non-hydrogen) atoms. The van der Waals surface area contributed by atoms with E-state index in [4.69, 9.17) is 4.42 Å². The molecule has 0 bridgehead atoms. The van der Waals surface area contributed by atoms with Gasteiger partial charge in [0.2, 0.25) is 0 Å². The average Bonchev–Trinajstić information content (AvgIpc) is 1.56. The first-order chi connectivity index (χ1) is 59.0. The fraction of sp³-hybridized carbons (Fsp3) is 0.0690. The van der Waals surface area contributed by atoms with Crippen molar-refractivity contribution in [2.45, 2.75) is 49.4 Å². The van der Waals surface area contributed by atoms with E-state index >= 15 is 0 Å². The van der Waals surface area contributed by atoms with Crippen molar-refractivity contribution in [3.63, 3.8) is 0 Å². The lowest BCUT2D eigenvalue weighted by Crippen LogP contribution is -2.28. The Kier molecular flexibility index (Phi) is 16.3. The molecule has 0 spiro atoms. The number of furan rings is 1. The van der Waals surface area contributed by atoms with Crippen LogP contribution in [0.1, 0.15) is 94.5 Å². The number of hydrogen-bond donors (Lipinski definition) is 0. The Morgan fingerprint density at radius 1 is 0.217 bits per heavy atom. The van der Waals surface area contributed by atoms with Crippen LogP contribution in [0.5, 0.6) is 0 Å². The highest BCUT2D eigenvalue weighted by Crippen LogP contribution is 2.61. The molecule has 4 aliphatic carbocycles. The second kappa shape index (κ2) is 27.6. The van der Waals surface area contributed by atoms with E-state index in [1.54, 1.807) is 0 Å². The monoisotopic (exact) mass is 1550 g/mol. The van der Waals surface area contributed by atoms with Gasteiger partial charge in [-0.1, -0.05) is 355 Å². The molecule has 0 radical (unpaired) electrons. The van der Waals surface area contributed by atoms with Gasteiger partial charge in [-0.05, 0) is 219 Å². The topological polar surface area (TPSA) is 19.6 Å². The van der Waals surface area contributed by atoms with Gasteiger partial charge in [0, 0.05) is 75.7 Å². The van der Waals surface area contributed by atoms with Crippen LogP contribution in [0, 0.1) is 0 Å². The lowest BCUT2D eigenvalue weighted by molar-refractivity contribution is 0.660. The summed E-state index contributed by atoms with van der Waals surface area (Å²) in [5.41, 5.74) is 38.3. The molecule has 0 saturated carbocycles. The number of hydrogen-bond acceptors (Lipinski definition) is 4. The van der Waals surface area contributed by atoms with E-state index in [0.29, 0.717) is 0 Å². The Balaban J connectivity index is 0.000000140. The summed E-state index contributed by atoms with van der Waals surface area (Å²) in [4.78, 5) is 4.94. The number of benzene rings is 18. The normalized spacial score (nSPS) is 14.1. The summed E-state index contributed by atoms with van der Waals surface area (Å²) in [7, 11) is 0. The van der Waals surface area contributed by atoms with Crippen molar-refractivity contribution in [1.82, 2.24) is 0 Å². The largest absolute Gasteiger partial charge is 0.456 e. The average molecular weight is 1550 g/mol. The van der Waals surface area contributed by atoms with Crippen LogP contribution in [0.2, 0.25) is 0 Å². The highest BCUT2D eigenvalue weighted by atomic mass is 32.1. The minimum absolute atomic E-state index is 0.110. The first kappa shape index (κ1) is 70.9. The second-order valence-corrected chi connectivity index (χ2v) is 34.7. The van der Waals surface area contributed by atoms with E-state index in [1.807, 2.05) is 11.3 Å². The van der Waals surface area contributed by atoms with Crippen LogP contribution in [0.25, 0.3) is 109 Å². The number of rotatable bonds is 12. The van der Waals surface area contributed by atoms with Gasteiger partial charge in [-0.25, -0.2) is 0 Å². The van der Waals surface area contributed by atoms with Crippen LogP contribution in [0.15, 0.2) is 429 Å². The lowest BCUT2D eigenvalue weighted by atomic mass is 9.67. The van der Waals surface area contributed by atoms with Gasteiger partial charge >= 0.3 is 0 Å². The quantitative estimate of drug-likeness (QED) is 0.122. The van der Waals surface area contributed by atoms with Crippen LogP contribution in [0.4, 0.5) is 34.1 Å². The van der Waals surface area contributed by atoms with E-state index in [9.17, 15) is 0 Å². The van der Waals surface area contributed by atoms with Gasteiger partial charge in [-0.3, -0.25) is 0 Å². The van der Waals surface area contributed by atoms with Crippen LogP contribution in [-0.4, -0.2) is 0 Å². The Bertz CT molecular complexity index is 6920. The molecule has 24 rings (SSSR count). The Labute approximate surface area is 704 Å². The summed E-state index contributed by atoms with van der Waals surface area (Å²) < 4.78 is 9.27. The van der Waals surface area contributed by atoms with Crippen LogP contribution < -0.4 is 9.80 Å². The molecule has 0 fully saturated rings. The van der Waals surface area contributed by atoms with Crippen molar-refractivity contribution in [1.29, 1.82) is 0 Å². The smallest absolute Gasteiger partial charge is 0.135 e. The molecule has 4 heteroatoms. The molecule has 0 N–H and O–H groups in total.